The van der Waals surface area contributed by atoms with E-state index < -0.39 is 0 Å². The third kappa shape index (κ3) is 4.45. The van der Waals surface area contributed by atoms with Crippen molar-refractivity contribution in [3.05, 3.63) is 70.5 Å². The summed E-state index contributed by atoms with van der Waals surface area (Å²) in [5.41, 5.74) is 4.98. The summed E-state index contributed by atoms with van der Waals surface area (Å²) < 4.78 is 13.2. The smallest absolute Gasteiger partial charge is 0.220 e. The van der Waals surface area contributed by atoms with Gasteiger partial charge >= 0.3 is 0 Å². The van der Waals surface area contributed by atoms with Crippen molar-refractivity contribution in [2.24, 2.45) is 0 Å². The Morgan fingerprint density at radius 1 is 1.28 bits per heavy atom. The minimum absolute atomic E-state index is 0.0215. The van der Waals surface area contributed by atoms with E-state index in [1.165, 1.54) is 28.8 Å². The lowest BCUT2D eigenvalue weighted by Gasteiger charge is -2.35. The zero-order valence-corrected chi connectivity index (χ0v) is 14.9. The summed E-state index contributed by atoms with van der Waals surface area (Å²) in [6.07, 6.45) is 1.91. The minimum atomic E-state index is -0.254. The lowest BCUT2D eigenvalue weighted by atomic mass is 9.91. The third-order valence-corrected chi connectivity index (χ3v) is 5.05. The van der Waals surface area contributed by atoms with Crippen LogP contribution in [0.15, 0.2) is 42.5 Å². The minimum Gasteiger partial charge on any atom is -0.355 e. The first-order chi connectivity index (χ1) is 12.0. The highest BCUT2D eigenvalue weighted by Crippen LogP contribution is 2.24. The van der Waals surface area contributed by atoms with Crippen LogP contribution in [0.4, 0.5) is 4.39 Å². The monoisotopic (exact) mass is 340 g/mol. The number of nitrogens with zero attached hydrogens (tertiary/aromatic N) is 1. The van der Waals surface area contributed by atoms with Gasteiger partial charge < -0.3 is 5.32 Å². The molecule has 2 aromatic carbocycles. The van der Waals surface area contributed by atoms with Gasteiger partial charge in [-0.15, -0.1) is 0 Å². The molecule has 0 radical (unpaired) electrons. The number of benzene rings is 2. The summed E-state index contributed by atoms with van der Waals surface area (Å²) in [4.78, 5) is 14.4. The maximum atomic E-state index is 13.2. The number of hydrogen-bond acceptors (Lipinski definition) is 2. The van der Waals surface area contributed by atoms with E-state index in [1.54, 1.807) is 6.07 Å². The SMILES string of the molecule is Cc1cccc2c1CC(CNC(=O)CCc1cccc(F)c1)N(C)C2. The van der Waals surface area contributed by atoms with Crippen molar-refractivity contribution >= 4 is 5.91 Å². The van der Waals surface area contributed by atoms with Crippen LogP contribution in [-0.4, -0.2) is 30.4 Å². The molecule has 4 heteroatoms. The fourth-order valence-corrected chi connectivity index (χ4v) is 3.49. The molecule has 0 aromatic heterocycles. The van der Waals surface area contributed by atoms with E-state index in [-0.39, 0.29) is 11.7 Å². The second-order valence-electron chi connectivity index (χ2n) is 6.92. The van der Waals surface area contributed by atoms with Gasteiger partial charge in [0.25, 0.3) is 0 Å². The van der Waals surface area contributed by atoms with Gasteiger partial charge in [0.15, 0.2) is 0 Å². The lowest BCUT2D eigenvalue weighted by molar-refractivity contribution is -0.121. The van der Waals surface area contributed by atoms with Crippen molar-refractivity contribution < 1.29 is 9.18 Å². The van der Waals surface area contributed by atoms with Gasteiger partial charge in [-0.05, 0) is 61.2 Å². The molecule has 1 N–H and O–H groups in total. The van der Waals surface area contributed by atoms with Crippen LogP contribution in [-0.2, 0) is 24.2 Å². The molecule has 25 heavy (non-hydrogen) atoms. The average molecular weight is 340 g/mol. The number of carbonyl (C=O) groups is 1. The Morgan fingerprint density at radius 2 is 2.08 bits per heavy atom. The molecule has 1 amide bonds. The molecule has 0 saturated carbocycles. The van der Waals surface area contributed by atoms with Crippen molar-refractivity contribution in [3.63, 3.8) is 0 Å². The molecule has 132 valence electrons. The normalized spacial score (nSPS) is 17.2. The Labute approximate surface area is 148 Å². The number of fused-ring (bicyclic) bond motifs is 1. The average Bonchev–Trinajstić information content (AvgIpc) is 2.59. The van der Waals surface area contributed by atoms with Gasteiger partial charge in [-0.1, -0.05) is 30.3 Å². The van der Waals surface area contributed by atoms with E-state index in [9.17, 15) is 9.18 Å². The van der Waals surface area contributed by atoms with Gasteiger partial charge in [0.1, 0.15) is 5.82 Å². The fourth-order valence-electron chi connectivity index (χ4n) is 3.49. The van der Waals surface area contributed by atoms with Gasteiger partial charge in [0, 0.05) is 25.6 Å². The first-order valence-corrected chi connectivity index (χ1v) is 8.81. The van der Waals surface area contributed by atoms with Crippen molar-refractivity contribution in [1.29, 1.82) is 0 Å². The van der Waals surface area contributed by atoms with Gasteiger partial charge in [-0.3, -0.25) is 9.69 Å². The van der Waals surface area contributed by atoms with E-state index >= 15 is 0 Å². The molecule has 1 heterocycles. The number of likely N-dealkylation sites (N-methyl/N-ethyl adjacent to an activating group) is 1. The van der Waals surface area contributed by atoms with Crippen LogP contribution in [0.5, 0.6) is 0 Å². The second kappa shape index (κ2) is 7.79. The summed E-state index contributed by atoms with van der Waals surface area (Å²) in [6, 6.07) is 13.2. The highest BCUT2D eigenvalue weighted by molar-refractivity contribution is 5.76. The zero-order valence-electron chi connectivity index (χ0n) is 14.9. The Balaban J connectivity index is 1.51. The molecular formula is C21H25FN2O. The fraction of sp³-hybridized carbons (Fsp3) is 0.381. The van der Waals surface area contributed by atoms with Crippen molar-refractivity contribution in [2.75, 3.05) is 13.6 Å². The van der Waals surface area contributed by atoms with Crippen LogP contribution in [0.25, 0.3) is 0 Å². The Kier molecular flexibility index (Phi) is 5.49. The van der Waals surface area contributed by atoms with Gasteiger partial charge in [0.05, 0.1) is 0 Å². The maximum absolute atomic E-state index is 13.2. The highest BCUT2D eigenvalue weighted by atomic mass is 19.1. The van der Waals surface area contributed by atoms with Crippen LogP contribution in [0.1, 0.15) is 28.7 Å². The zero-order chi connectivity index (χ0) is 17.8. The first kappa shape index (κ1) is 17.6. The molecule has 0 saturated heterocycles. The predicted molar refractivity (Wildman–Crippen MR) is 97.9 cm³/mol. The topological polar surface area (TPSA) is 32.3 Å². The van der Waals surface area contributed by atoms with Crippen molar-refractivity contribution in [3.8, 4) is 0 Å². The predicted octanol–water partition coefficient (Wildman–Crippen LogP) is 3.24. The van der Waals surface area contributed by atoms with Crippen molar-refractivity contribution in [2.45, 2.75) is 38.8 Å². The highest BCUT2D eigenvalue weighted by Gasteiger charge is 2.24. The number of aryl methyl sites for hydroxylation is 2. The molecule has 1 atom stereocenters. The molecule has 0 fully saturated rings. The van der Waals surface area contributed by atoms with Gasteiger partial charge in [-0.25, -0.2) is 4.39 Å². The molecule has 1 unspecified atom stereocenters. The van der Waals surface area contributed by atoms with Gasteiger partial charge in [0.2, 0.25) is 5.91 Å². The van der Waals surface area contributed by atoms with Crippen LogP contribution in [0.3, 0.4) is 0 Å². The third-order valence-electron chi connectivity index (χ3n) is 5.05. The maximum Gasteiger partial charge on any atom is 0.220 e. The molecule has 0 bridgehead atoms. The summed E-state index contributed by atoms with van der Waals surface area (Å²) in [5.74, 6) is -0.232. The summed E-state index contributed by atoms with van der Waals surface area (Å²) >= 11 is 0. The number of amides is 1. The Bertz CT molecular complexity index is 759. The molecule has 1 aliphatic heterocycles. The molecule has 0 aliphatic carbocycles. The quantitative estimate of drug-likeness (QED) is 0.906. The number of carbonyl (C=O) groups excluding carboxylic acids is 1. The van der Waals surface area contributed by atoms with Crippen LogP contribution in [0.2, 0.25) is 0 Å². The molecule has 1 aliphatic rings. The van der Waals surface area contributed by atoms with E-state index in [0.717, 1.165) is 18.5 Å². The number of rotatable bonds is 5. The summed E-state index contributed by atoms with van der Waals surface area (Å²) in [5, 5.41) is 3.04. The Hall–Kier alpha value is -2.20. The second-order valence-corrected chi connectivity index (χ2v) is 6.92. The van der Waals surface area contributed by atoms with E-state index in [4.69, 9.17) is 0 Å². The van der Waals surface area contributed by atoms with Gasteiger partial charge in [-0.2, -0.15) is 0 Å². The molecule has 3 nitrogen and oxygen atoms in total. The lowest BCUT2D eigenvalue weighted by Crippen LogP contribution is -2.45. The molecule has 0 spiro atoms. The van der Waals surface area contributed by atoms with Crippen LogP contribution >= 0.6 is 0 Å². The summed E-state index contributed by atoms with van der Waals surface area (Å²) in [7, 11) is 2.11. The van der Waals surface area contributed by atoms with E-state index in [0.29, 0.717) is 25.4 Å². The van der Waals surface area contributed by atoms with E-state index in [1.807, 2.05) is 6.07 Å². The molecule has 2 aromatic rings. The molecule has 3 rings (SSSR count). The van der Waals surface area contributed by atoms with Crippen LogP contribution < -0.4 is 5.32 Å². The number of halogens is 1. The van der Waals surface area contributed by atoms with E-state index in [2.05, 4.69) is 42.4 Å². The largest absolute Gasteiger partial charge is 0.355 e. The van der Waals surface area contributed by atoms with Crippen molar-refractivity contribution in [1.82, 2.24) is 10.2 Å². The standard InChI is InChI=1S/C21H25FN2O/c1-15-5-3-7-17-14-24(2)19(12-20(15)17)13-23-21(25)10-9-16-6-4-8-18(22)11-16/h3-8,11,19H,9-10,12-14H2,1-2H3,(H,23,25). The Morgan fingerprint density at radius 3 is 2.88 bits per heavy atom. The summed E-state index contributed by atoms with van der Waals surface area (Å²) in [6.45, 7) is 3.71. The molecular weight excluding hydrogens is 315 g/mol. The first-order valence-electron chi connectivity index (χ1n) is 8.81. The number of nitrogens with one attached hydrogen (secondary N) is 1. The number of hydrogen-bond donors (Lipinski definition) is 1. The van der Waals surface area contributed by atoms with Crippen LogP contribution in [0, 0.1) is 12.7 Å².